The molecule has 1 saturated carbocycles. The van der Waals surface area contributed by atoms with Gasteiger partial charge in [0.15, 0.2) is 0 Å². The lowest BCUT2D eigenvalue weighted by Crippen LogP contribution is -2.42. The molecule has 1 aliphatic carbocycles. The van der Waals surface area contributed by atoms with E-state index in [-0.39, 0.29) is 0 Å². The maximum atomic E-state index is 5.80. The normalized spacial score (nSPS) is 33.8. The van der Waals surface area contributed by atoms with Crippen molar-refractivity contribution >= 4 is 0 Å². The second-order valence-corrected chi connectivity index (χ2v) is 6.53. The smallest absolute Gasteiger partial charge is 0.0587 e. The SMILES string of the molecule is CC(C)C1CCCCC1NCCC1CCCCO1. The largest absolute Gasteiger partial charge is 0.378 e. The molecule has 0 aromatic carbocycles. The van der Waals surface area contributed by atoms with Gasteiger partial charge in [0, 0.05) is 12.6 Å². The highest BCUT2D eigenvalue weighted by molar-refractivity contribution is 4.83. The summed E-state index contributed by atoms with van der Waals surface area (Å²) >= 11 is 0. The third kappa shape index (κ3) is 4.24. The van der Waals surface area contributed by atoms with E-state index in [1.165, 1.54) is 51.4 Å². The quantitative estimate of drug-likeness (QED) is 0.805. The van der Waals surface area contributed by atoms with E-state index in [1.54, 1.807) is 0 Å². The molecular weight excluding hydrogens is 222 g/mol. The second-order valence-electron chi connectivity index (χ2n) is 6.53. The van der Waals surface area contributed by atoms with Crippen LogP contribution in [0.3, 0.4) is 0 Å². The molecule has 1 N–H and O–H groups in total. The molecule has 106 valence electrons. The van der Waals surface area contributed by atoms with E-state index in [2.05, 4.69) is 19.2 Å². The van der Waals surface area contributed by atoms with Crippen molar-refractivity contribution in [1.29, 1.82) is 0 Å². The Morgan fingerprint density at radius 1 is 1.06 bits per heavy atom. The van der Waals surface area contributed by atoms with Gasteiger partial charge in [-0.25, -0.2) is 0 Å². The topological polar surface area (TPSA) is 21.3 Å². The van der Waals surface area contributed by atoms with E-state index in [0.29, 0.717) is 6.10 Å². The number of hydrogen-bond acceptors (Lipinski definition) is 2. The summed E-state index contributed by atoms with van der Waals surface area (Å²) in [6.07, 6.45) is 11.3. The number of ether oxygens (including phenoxy) is 1. The Morgan fingerprint density at radius 2 is 1.83 bits per heavy atom. The fourth-order valence-electron chi connectivity index (χ4n) is 3.68. The lowest BCUT2D eigenvalue weighted by Gasteiger charge is -2.35. The average molecular weight is 253 g/mol. The molecule has 18 heavy (non-hydrogen) atoms. The number of hydrogen-bond donors (Lipinski definition) is 1. The van der Waals surface area contributed by atoms with E-state index in [1.807, 2.05) is 0 Å². The highest BCUT2D eigenvalue weighted by Gasteiger charge is 2.27. The summed E-state index contributed by atoms with van der Waals surface area (Å²) in [5.41, 5.74) is 0. The van der Waals surface area contributed by atoms with Gasteiger partial charge in [0.05, 0.1) is 6.10 Å². The molecule has 0 bridgehead atoms. The summed E-state index contributed by atoms with van der Waals surface area (Å²) in [7, 11) is 0. The van der Waals surface area contributed by atoms with Crippen LogP contribution in [0.5, 0.6) is 0 Å². The van der Waals surface area contributed by atoms with Crippen LogP contribution >= 0.6 is 0 Å². The summed E-state index contributed by atoms with van der Waals surface area (Å²) in [6.45, 7) is 6.91. The molecule has 3 unspecified atom stereocenters. The first-order chi connectivity index (χ1) is 8.77. The molecule has 2 rings (SSSR count). The zero-order chi connectivity index (χ0) is 12.8. The van der Waals surface area contributed by atoms with Gasteiger partial charge in [0.2, 0.25) is 0 Å². The summed E-state index contributed by atoms with van der Waals surface area (Å²) in [5.74, 6) is 1.72. The van der Waals surface area contributed by atoms with Crippen LogP contribution in [-0.2, 0) is 4.74 Å². The Balaban J connectivity index is 1.67. The molecule has 0 aromatic rings. The van der Waals surface area contributed by atoms with Gasteiger partial charge in [-0.1, -0.05) is 26.7 Å². The predicted molar refractivity (Wildman–Crippen MR) is 76.8 cm³/mol. The Hall–Kier alpha value is -0.0800. The van der Waals surface area contributed by atoms with Crippen molar-refractivity contribution < 1.29 is 4.74 Å². The first-order valence-corrected chi connectivity index (χ1v) is 8.12. The van der Waals surface area contributed by atoms with Crippen LogP contribution in [0.15, 0.2) is 0 Å². The minimum Gasteiger partial charge on any atom is -0.378 e. The van der Waals surface area contributed by atoms with Gasteiger partial charge < -0.3 is 10.1 Å². The summed E-state index contributed by atoms with van der Waals surface area (Å²) < 4.78 is 5.80. The lowest BCUT2D eigenvalue weighted by molar-refractivity contribution is 0.0104. The maximum Gasteiger partial charge on any atom is 0.0587 e. The van der Waals surface area contributed by atoms with Gasteiger partial charge in [-0.05, 0) is 56.9 Å². The van der Waals surface area contributed by atoms with Crippen molar-refractivity contribution in [2.45, 2.75) is 77.4 Å². The number of rotatable bonds is 5. The monoisotopic (exact) mass is 253 g/mol. The van der Waals surface area contributed by atoms with E-state index in [0.717, 1.165) is 31.0 Å². The lowest BCUT2D eigenvalue weighted by atomic mass is 9.78. The molecule has 0 radical (unpaired) electrons. The highest BCUT2D eigenvalue weighted by atomic mass is 16.5. The zero-order valence-electron chi connectivity index (χ0n) is 12.3. The Morgan fingerprint density at radius 3 is 2.56 bits per heavy atom. The first kappa shape index (κ1) is 14.3. The van der Waals surface area contributed by atoms with Crippen molar-refractivity contribution in [3.63, 3.8) is 0 Å². The number of nitrogens with one attached hydrogen (secondary N) is 1. The van der Waals surface area contributed by atoms with Gasteiger partial charge in [-0.3, -0.25) is 0 Å². The molecule has 2 fully saturated rings. The fraction of sp³-hybridized carbons (Fsp3) is 1.00. The molecular formula is C16H31NO. The minimum absolute atomic E-state index is 0.535. The van der Waals surface area contributed by atoms with Crippen LogP contribution in [0.1, 0.15) is 65.2 Å². The standard InChI is InChI=1S/C16H31NO/c1-13(2)15-8-3-4-9-16(15)17-11-10-14-7-5-6-12-18-14/h13-17H,3-12H2,1-2H3. The van der Waals surface area contributed by atoms with Gasteiger partial charge in [-0.2, -0.15) is 0 Å². The minimum atomic E-state index is 0.535. The molecule has 2 heteroatoms. The van der Waals surface area contributed by atoms with Crippen molar-refractivity contribution in [2.75, 3.05) is 13.2 Å². The van der Waals surface area contributed by atoms with Crippen molar-refractivity contribution in [3.05, 3.63) is 0 Å². The average Bonchev–Trinajstić information content (AvgIpc) is 2.40. The third-order valence-corrected chi connectivity index (χ3v) is 4.82. The molecule has 3 atom stereocenters. The summed E-state index contributed by atoms with van der Waals surface area (Å²) in [5, 5.41) is 3.82. The second kappa shape index (κ2) is 7.49. The highest BCUT2D eigenvalue weighted by Crippen LogP contribution is 2.30. The molecule has 1 heterocycles. The zero-order valence-corrected chi connectivity index (χ0v) is 12.3. The van der Waals surface area contributed by atoms with Gasteiger partial charge in [0.1, 0.15) is 0 Å². The Kier molecular flexibility index (Phi) is 5.97. The summed E-state index contributed by atoms with van der Waals surface area (Å²) in [4.78, 5) is 0. The molecule has 0 aromatic heterocycles. The van der Waals surface area contributed by atoms with E-state index < -0.39 is 0 Å². The van der Waals surface area contributed by atoms with E-state index in [4.69, 9.17) is 4.74 Å². The molecule has 0 amide bonds. The van der Waals surface area contributed by atoms with E-state index in [9.17, 15) is 0 Å². The molecule has 1 saturated heterocycles. The first-order valence-electron chi connectivity index (χ1n) is 8.12. The van der Waals surface area contributed by atoms with Crippen molar-refractivity contribution in [3.8, 4) is 0 Å². The molecule has 1 aliphatic heterocycles. The van der Waals surface area contributed by atoms with Crippen LogP contribution in [-0.4, -0.2) is 25.3 Å². The van der Waals surface area contributed by atoms with Gasteiger partial charge >= 0.3 is 0 Å². The molecule has 2 nitrogen and oxygen atoms in total. The van der Waals surface area contributed by atoms with Crippen LogP contribution in [0, 0.1) is 11.8 Å². The molecule has 0 spiro atoms. The van der Waals surface area contributed by atoms with Crippen LogP contribution in [0.25, 0.3) is 0 Å². The third-order valence-electron chi connectivity index (χ3n) is 4.82. The van der Waals surface area contributed by atoms with Gasteiger partial charge in [-0.15, -0.1) is 0 Å². The van der Waals surface area contributed by atoms with E-state index >= 15 is 0 Å². The summed E-state index contributed by atoms with van der Waals surface area (Å²) in [6, 6.07) is 0.766. The fourth-order valence-corrected chi connectivity index (χ4v) is 3.68. The molecule has 2 aliphatic rings. The van der Waals surface area contributed by atoms with Gasteiger partial charge in [0.25, 0.3) is 0 Å². The van der Waals surface area contributed by atoms with Crippen molar-refractivity contribution in [1.82, 2.24) is 5.32 Å². The predicted octanol–water partition coefficient (Wildman–Crippen LogP) is 3.75. The van der Waals surface area contributed by atoms with Crippen LogP contribution < -0.4 is 5.32 Å². The Labute approximate surface area is 113 Å². The maximum absolute atomic E-state index is 5.80. The van der Waals surface area contributed by atoms with Crippen LogP contribution in [0.2, 0.25) is 0 Å². The Bertz CT molecular complexity index is 223. The van der Waals surface area contributed by atoms with Crippen molar-refractivity contribution in [2.24, 2.45) is 11.8 Å². The van der Waals surface area contributed by atoms with Crippen LogP contribution in [0.4, 0.5) is 0 Å².